The lowest BCUT2D eigenvalue weighted by Crippen LogP contribution is -2.23. The first-order valence-corrected chi connectivity index (χ1v) is 6.23. The Morgan fingerprint density at radius 3 is 2.90 bits per heavy atom. The van der Waals surface area contributed by atoms with Crippen LogP contribution in [0.4, 0.5) is 0 Å². The number of nitrogens with zero attached hydrogens (tertiary/aromatic N) is 4. The summed E-state index contributed by atoms with van der Waals surface area (Å²) in [6, 6.07) is 0. The van der Waals surface area contributed by atoms with Gasteiger partial charge in [-0.3, -0.25) is 9.78 Å². The third-order valence-corrected chi connectivity index (χ3v) is 3.30. The van der Waals surface area contributed by atoms with Crippen molar-refractivity contribution in [3.8, 4) is 11.5 Å². The maximum Gasteiger partial charge on any atom is 0.307 e. The van der Waals surface area contributed by atoms with Crippen molar-refractivity contribution in [1.29, 1.82) is 0 Å². The zero-order valence-electron chi connectivity index (χ0n) is 10.5. The van der Waals surface area contributed by atoms with Crippen LogP contribution in [0, 0.1) is 5.92 Å². The molecule has 0 aromatic carbocycles. The minimum atomic E-state index is -0.849. The van der Waals surface area contributed by atoms with E-state index in [2.05, 4.69) is 20.1 Å². The normalized spacial score (nSPS) is 21.8. The summed E-state index contributed by atoms with van der Waals surface area (Å²) in [7, 11) is 0. The predicted molar refractivity (Wildman–Crippen MR) is 67.6 cm³/mol. The molecule has 1 aliphatic rings. The third-order valence-electron chi connectivity index (χ3n) is 3.30. The number of aromatic nitrogens is 4. The van der Waals surface area contributed by atoms with Gasteiger partial charge in [0.15, 0.2) is 0 Å². The Labute approximate surface area is 114 Å². The molecule has 0 radical (unpaired) electrons. The molecule has 0 fully saturated rings. The van der Waals surface area contributed by atoms with E-state index in [9.17, 15) is 9.90 Å². The fourth-order valence-electron chi connectivity index (χ4n) is 2.26. The summed E-state index contributed by atoms with van der Waals surface area (Å²) in [6.45, 7) is 0. The molecule has 0 unspecified atom stereocenters. The van der Waals surface area contributed by atoms with Crippen LogP contribution < -0.4 is 0 Å². The maximum absolute atomic E-state index is 11.3. The van der Waals surface area contributed by atoms with Gasteiger partial charge in [-0.05, 0) is 12.8 Å². The van der Waals surface area contributed by atoms with Crippen molar-refractivity contribution in [3.05, 3.63) is 36.6 Å². The maximum atomic E-state index is 11.3. The van der Waals surface area contributed by atoms with Crippen LogP contribution in [0.2, 0.25) is 0 Å². The van der Waals surface area contributed by atoms with Gasteiger partial charge in [-0.15, -0.1) is 0 Å². The molecule has 20 heavy (non-hydrogen) atoms. The van der Waals surface area contributed by atoms with Crippen LogP contribution in [-0.4, -0.2) is 31.2 Å². The zero-order valence-corrected chi connectivity index (χ0v) is 10.5. The van der Waals surface area contributed by atoms with E-state index in [1.807, 2.05) is 12.2 Å². The largest absolute Gasteiger partial charge is 0.481 e. The molecule has 1 aliphatic carbocycles. The van der Waals surface area contributed by atoms with Gasteiger partial charge in [-0.1, -0.05) is 17.3 Å². The summed E-state index contributed by atoms with van der Waals surface area (Å²) in [5, 5.41) is 13.1. The second-order valence-electron chi connectivity index (χ2n) is 4.54. The first-order chi connectivity index (χ1) is 9.75. The van der Waals surface area contributed by atoms with Gasteiger partial charge in [0.1, 0.15) is 5.69 Å². The van der Waals surface area contributed by atoms with Gasteiger partial charge in [0.25, 0.3) is 0 Å². The fourth-order valence-corrected chi connectivity index (χ4v) is 2.26. The second-order valence-corrected chi connectivity index (χ2v) is 4.54. The zero-order chi connectivity index (χ0) is 13.9. The molecule has 2 aromatic heterocycles. The van der Waals surface area contributed by atoms with Crippen LogP contribution >= 0.6 is 0 Å². The Bertz CT molecular complexity index is 638. The van der Waals surface area contributed by atoms with E-state index in [1.165, 1.54) is 12.4 Å². The van der Waals surface area contributed by atoms with Crippen LogP contribution in [-0.2, 0) is 4.79 Å². The average molecular weight is 272 g/mol. The van der Waals surface area contributed by atoms with Gasteiger partial charge < -0.3 is 9.63 Å². The Hall–Kier alpha value is -2.57. The van der Waals surface area contributed by atoms with E-state index < -0.39 is 11.9 Å². The van der Waals surface area contributed by atoms with Gasteiger partial charge in [-0.2, -0.15) is 4.98 Å². The summed E-state index contributed by atoms with van der Waals surface area (Å²) in [6.07, 6.45) is 9.49. The smallest absolute Gasteiger partial charge is 0.307 e. The molecule has 0 saturated carbocycles. The number of hydrogen-bond donors (Lipinski definition) is 1. The summed E-state index contributed by atoms with van der Waals surface area (Å²) >= 11 is 0. The van der Waals surface area contributed by atoms with E-state index in [-0.39, 0.29) is 5.92 Å². The van der Waals surface area contributed by atoms with Gasteiger partial charge >= 0.3 is 5.97 Å². The van der Waals surface area contributed by atoms with Crippen LogP contribution in [0.5, 0.6) is 0 Å². The first-order valence-electron chi connectivity index (χ1n) is 6.23. The molecule has 2 aromatic rings. The Morgan fingerprint density at radius 2 is 2.15 bits per heavy atom. The topological polar surface area (TPSA) is 102 Å². The van der Waals surface area contributed by atoms with Gasteiger partial charge in [0.05, 0.1) is 18.0 Å². The minimum absolute atomic E-state index is 0.296. The molecule has 7 heteroatoms. The van der Waals surface area contributed by atoms with Gasteiger partial charge in [0, 0.05) is 12.4 Å². The number of carboxylic acid groups (broad SMARTS) is 1. The van der Waals surface area contributed by atoms with E-state index in [0.29, 0.717) is 30.3 Å². The van der Waals surface area contributed by atoms with Crippen LogP contribution in [0.15, 0.2) is 35.3 Å². The molecule has 3 rings (SSSR count). The van der Waals surface area contributed by atoms with Gasteiger partial charge in [-0.25, -0.2) is 4.98 Å². The molecular weight excluding hydrogens is 260 g/mol. The number of aliphatic carboxylic acids is 1. The van der Waals surface area contributed by atoms with Crippen molar-refractivity contribution in [3.63, 3.8) is 0 Å². The Balaban J connectivity index is 1.90. The lowest BCUT2D eigenvalue weighted by atomic mass is 9.83. The summed E-state index contributed by atoms with van der Waals surface area (Å²) in [4.78, 5) is 23.5. The number of hydrogen-bond acceptors (Lipinski definition) is 6. The number of allylic oxidation sites excluding steroid dienone is 2. The monoisotopic (exact) mass is 272 g/mol. The highest BCUT2D eigenvalue weighted by molar-refractivity contribution is 5.71. The summed E-state index contributed by atoms with van der Waals surface area (Å²) < 4.78 is 5.21. The minimum Gasteiger partial charge on any atom is -0.481 e. The highest BCUT2D eigenvalue weighted by atomic mass is 16.5. The fraction of sp³-hybridized carbons (Fsp3) is 0.308. The molecule has 0 bridgehead atoms. The van der Waals surface area contributed by atoms with Crippen molar-refractivity contribution in [2.75, 3.05) is 0 Å². The first kappa shape index (κ1) is 12.5. The molecule has 7 nitrogen and oxygen atoms in total. The molecule has 0 aliphatic heterocycles. The number of carbonyl (C=O) groups is 1. The second kappa shape index (κ2) is 5.20. The molecule has 102 valence electrons. The highest BCUT2D eigenvalue weighted by Gasteiger charge is 2.34. The van der Waals surface area contributed by atoms with Gasteiger partial charge in [0.2, 0.25) is 11.7 Å². The van der Waals surface area contributed by atoms with Crippen molar-refractivity contribution in [1.82, 2.24) is 20.1 Å². The van der Waals surface area contributed by atoms with Crippen molar-refractivity contribution < 1.29 is 14.4 Å². The van der Waals surface area contributed by atoms with E-state index in [0.717, 1.165) is 0 Å². The van der Waals surface area contributed by atoms with Crippen LogP contribution in [0.1, 0.15) is 24.7 Å². The molecule has 2 atom stereocenters. The average Bonchev–Trinajstić information content (AvgIpc) is 2.98. The number of rotatable bonds is 3. The Morgan fingerprint density at radius 1 is 1.30 bits per heavy atom. The third kappa shape index (κ3) is 2.29. The highest BCUT2D eigenvalue weighted by Crippen LogP contribution is 2.34. The quantitative estimate of drug-likeness (QED) is 0.847. The lowest BCUT2D eigenvalue weighted by molar-refractivity contribution is -0.142. The predicted octanol–water partition coefficient (Wildman–Crippen LogP) is 1.66. The van der Waals surface area contributed by atoms with Crippen LogP contribution in [0.25, 0.3) is 11.5 Å². The molecule has 0 amide bonds. The molecule has 1 N–H and O–H groups in total. The molecule has 2 heterocycles. The number of carboxylic acids is 1. The van der Waals surface area contributed by atoms with Crippen molar-refractivity contribution in [2.45, 2.75) is 18.8 Å². The molecule has 0 spiro atoms. The van der Waals surface area contributed by atoms with E-state index in [4.69, 9.17) is 4.52 Å². The summed E-state index contributed by atoms with van der Waals surface area (Å²) in [5.74, 6) is -1.02. The van der Waals surface area contributed by atoms with E-state index in [1.54, 1.807) is 6.20 Å². The standard InChI is InChI=1S/C13H12N4O3/c18-13(19)9-4-2-1-3-8(9)12-16-11(17-20-12)10-7-14-5-6-15-10/h1-2,5-9H,3-4H2,(H,18,19)/t8-,9+/m1/s1. The lowest BCUT2D eigenvalue weighted by Gasteiger charge is -2.21. The molecule has 0 saturated heterocycles. The Kier molecular flexibility index (Phi) is 3.24. The summed E-state index contributed by atoms with van der Waals surface area (Å²) in [5.41, 5.74) is 0.501. The molecular formula is C13H12N4O3. The van der Waals surface area contributed by atoms with E-state index >= 15 is 0 Å². The van der Waals surface area contributed by atoms with Crippen molar-refractivity contribution >= 4 is 5.97 Å². The SMILES string of the molecule is O=C(O)[C@H]1CC=CC[C@H]1c1nc(-c2cnccn2)no1. The van der Waals surface area contributed by atoms with Crippen LogP contribution in [0.3, 0.4) is 0 Å². The van der Waals surface area contributed by atoms with Crippen molar-refractivity contribution in [2.24, 2.45) is 5.92 Å².